The van der Waals surface area contributed by atoms with Crippen molar-refractivity contribution in [2.75, 3.05) is 20.1 Å². The maximum atomic E-state index is 3.36. The largest absolute Gasteiger partial charge is 0.318 e. The monoisotopic (exact) mass is 246 g/mol. The molecule has 18 heavy (non-hydrogen) atoms. The van der Waals surface area contributed by atoms with Crippen LogP contribution in [0.3, 0.4) is 0 Å². The summed E-state index contributed by atoms with van der Waals surface area (Å²) >= 11 is 0. The minimum absolute atomic E-state index is 0.520. The number of nitrogens with one attached hydrogen (secondary N) is 1. The van der Waals surface area contributed by atoms with Crippen LogP contribution in [0.4, 0.5) is 0 Å². The van der Waals surface area contributed by atoms with Crippen LogP contribution in [-0.4, -0.2) is 31.1 Å². The van der Waals surface area contributed by atoms with Gasteiger partial charge in [-0.05, 0) is 37.9 Å². The van der Waals surface area contributed by atoms with E-state index < -0.39 is 0 Å². The second-order valence-corrected chi connectivity index (χ2v) is 5.68. The van der Waals surface area contributed by atoms with Crippen LogP contribution in [0.15, 0.2) is 30.3 Å². The topological polar surface area (TPSA) is 15.3 Å². The van der Waals surface area contributed by atoms with Gasteiger partial charge < -0.3 is 5.32 Å². The molecule has 1 N–H and O–H groups in total. The molecule has 2 unspecified atom stereocenters. The van der Waals surface area contributed by atoms with Gasteiger partial charge in [0.05, 0.1) is 0 Å². The van der Waals surface area contributed by atoms with Gasteiger partial charge >= 0.3 is 0 Å². The van der Waals surface area contributed by atoms with E-state index in [1.807, 2.05) is 0 Å². The fourth-order valence-electron chi connectivity index (χ4n) is 3.21. The third-order valence-corrected chi connectivity index (χ3v) is 4.09. The highest BCUT2D eigenvalue weighted by atomic mass is 15.2. The van der Waals surface area contributed by atoms with Gasteiger partial charge in [0.25, 0.3) is 0 Å². The number of benzene rings is 1. The first kappa shape index (κ1) is 13.6. The molecule has 1 saturated heterocycles. The third kappa shape index (κ3) is 2.93. The fourth-order valence-corrected chi connectivity index (χ4v) is 3.21. The molecule has 2 nitrogen and oxygen atoms in total. The van der Waals surface area contributed by atoms with E-state index in [1.165, 1.54) is 24.9 Å². The molecular weight excluding hydrogens is 220 g/mol. The van der Waals surface area contributed by atoms with E-state index >= 15 is 0 Å². The Balaban J connectivity index is 2.19. The van der Waals surface area contributed by atoms with E-state index in [2.05, 4.69) is 61.4 Å². The van der Waals surface area contributed by atoms with Gasteiger partial charge in [-0.3, -0.25) is 4.90 Å². The van der Waals surface area contributed by atoms with Crippen molar-refractivity contribution in [2.45, 2.75) is 38.8 Å². The molecule has 1 fully saturated rings. The molecule has 1 aromatic carbocycles. The Hall–Kier alpha value is -0.860. The van der Waals surface area contributed by atoms with Crippen molar-refractivity contribution in [2.24, 2.45) is 5.92 Å². The Morgan fingerprint density at radius 1 is 1.28 bits per heavy atom. The van der Waals surface area contributed by atoms with Gasteiger partial charge in [0.15, 0.2) is 0 Å². The lowest BCUT2D eigenvalue weighted by atomic mass is 9.98. The highest BCUT2D eigenvalue weighted by molar-refractivity contribution is 5.20. The maximum absolute atomic E-state index is 3.36. The summed E-state index contributed by atoms with van der Waals surface area (Å²) in [6.45, 7) is 6.98. The summed E-state index contributed by atoms with van der Waals surface area (Å²) in [4.78, 5) is 2.70. The molecule has 100 valence electrons. The Morgan fingerprint density at radius 3 is 2.61 bits per heavy atom. The van der Waals surface area contributed by atoms with Crippen molar-refractivity contribution in [1.82, 2.24) is 10.2 Å². The van der Waals surface area contributed by atoms with Crippen LogP contribution in [0, 0.1) is 5.92 Å². The molecule has 1 aliphatic heterocycles. The predicted molar refractivity (Wildman–Crippen MR) is 77.7 cm³/mol. The molecule has 0 aliphatic carbocycles. The molecule has 0 saturated carbocycles. The van der Waals surface area contributed by atoms with Crippen molar-refractivity contribution >= 4 is 0 Å². The standard InChI is InChI=1S/C16H26N2/c1-13(2)15-10-7-11-18(15)16(12-17-3)14-8-5-4-6-9-14/h4-6,8-9,13,15-17H,7,10-12H2,1-3H3. The number of likely N-dealkylation sites (N-methyl/N-ethyl adjacent to an activating group) is 1. The van der Waals surface area contributed by atoms with Crippen molar-refractivity contribution in [3.05, 3.63) is 35.9 Å². The lowest BCUT2D eigenvalue weighted by molar-refractivity contribution is 0.144. The molecule has 1 aliphatic rings. The first-order chi connectivity index (χ1) is 8.74. The Bertz CT molecular complexity index is 347. The zero-order valence-electron chi connectivity index (χ0n) is 11.9. The molecule has 0 radical (unpaired) electrons. The molecule has 2 rings (SSSR count). The first-order valence-corrected chi connectivity index (χ1v) is 7.19. The van der Waals surface area contributed by atoms with Crippen LogP contribution in [0.1, 0.15) is 38.3 Å². The molecule has 0 aromatic heterocycles. The quantitative estimate of drug-likeness (QED) is 0.859. The van der Waals surface area contributed by atoms with Gasteiger partial charge in [-0.1, -0.05) is 44.2 Å². The van der Waals surface area contributed by atoms with Crippen molar-refractivity contribution in [1.29, 1.82) is 0 Å². The van der Waals surface area contributed by atoms with E-state index in [0.29, 0.717) is 6.04 Å². The summed E-state index contributed by atoms with van der Waals surface area (Å²) in [7, 11) is 2.05. The third-order valence-electron chi connectivity index (χ3n) is 4.09. The highest BCUT2D eigenvalue weighted by Gasteiger charge is 2.32. The minimum atomic E-state index is 0.520. The van der Waals surface area contributed by atoms with Crippen LogP contribution in [0.2, 0.25) is 0 Å². The summed E-state index contributed by atoms with van der Waals surface area (Å²) < 4.78 is 0. The van der Waals surface area contributed by atoms with Crippen molar-refractivity contribution < 1.29 is 0 Å². The number of rotatable bonds is 5. The lowest BCUT2D eigenvalue weighted by Crippen LogP contribution is -2.40. The van der Waals surface area contributed by atoms with Gasteiger partial charge in [-0.2, -0.15) is 0 Å². The number of nitrogens with zero attached hydrogens (tertiary/aromatic N) is 1. The van der Waals surface area contributed by atoms with Crippen LogP contribution >= 0.6 is 0 Å². The van der Waals surface area contributed by atoms with E-state index in [9.17, 15) is 0 Å². The molecule has 1 heterocycles. The van der Waals surface area contributed by atoms with Gasteiger partial charge in [0.2, 0.25) is 0 Å². The van der Waals surface area contributed by atoms with Gasteiger partial charge in [0.1, 0.15) is 0 Å². The van der Waals surface area contributed by atoms with E-state index in [4.69, 9.17) is 0 Å². The number of hydrogen-bond acceptors (Lipinski definition) is 2. The second kappa shape index (κ2) is 6.35. The van der Waals surface area contributed by atoms with E-state index in [0.717, 1.165) is 18.5 Å². The normalized spacial score (nSPS) is 22.6. The van der Waals surface area contributed by atoms with Crippen LogP contribution in [0.25, 0.3) is 0 Å². The van der Waals surface area contributed by atoms with E-state index in [1.54, 1.807) is 0 Å². The molecule has 1 aromatic rings. The minimum Gasteiger partial charge on any atom is -0.318 e. The number of hydrogen-bond donors (Lipinski definition) is 1. The molecule has 0 amide bonds. The second-order valence-electron chi connectivity index (χ2n) is 5.68. The summed E-state index contributed by atoms with van der Waals surface area (Å²) in [6.07, 6.45) is 2.70. The Labute approximate surface area is 111 Å². The summed E-state index contributed by atoms with van der Waals surface area (Å²) in [5.41, 5.74) is 1.44. The van der Waals surface area contributed by atoms with Gasteiger partial charge in [-0.15, -0.1) is 0 Å². The van der Waals surface area contributed by atoms with Gasteiger partial charge in [-0.25, -0.2) is 0 Å². The fraction of sp³-hybridized carbons (Fsp3) is 0.625. The molecular formula is C16H26N2. The first-order valence-electron chi connectivity index (χ1n) is 7.19. The molecule has 0 bridgehead atoms. The zero-order chi connectivity index (χ0) is 13.0. The SMILES string of the molecule is CNCC(c1ccccc1)N1CCCC1C(C)C. The average Bonchev–Trinajstić information content (AvgIpc) is 2.86. The number of likely N-dealkylation sites (tertiary alicyclic amines) is 1. The predicted octanol–water partition coefficient (Wildman–Crippen LogP) is 3.07. The van der Waals surface area contributed by atoms with Gasteiger partial charge in [0, 0.05) is 18.6 Å². The molecule has 2 heteroatoms. The highest BCUT2D eigenvalue weighted by Crippen LogP contribution is 2.32. The summed E-state index contributed by atoms with van der Waals surface area (Å²) in [5.74, 6) is 0.746. The summed E-state index contributed by atoms with van der Waals surface area (Å²) in [5, 5.41) is 3.36. The maximum Gasteiger partial charge on any atom is 0.0475 e. The molecule has 0 spiro atoms. The Morgan fingerprint density at radius 2 is 2.00 bits per heavy atom. The average molecular weight is 246 g/mol. The zero-order valence-corrected chi connectivity index (χ0v) is 11.9. The summed E-state index contributed by atoms with van der Waals surface area (Å²) in [6, 6.07) is 12.2. The Kier molecular flexibility index (Phi) is 4.79. The van der Waals surface area contributed by atoms with E-state index in [-0.39, 0.29) is 0 Å². The van der Waals surface area contributed by atoms with Crippen LogP contribution < -0.4 is 5.32 Å². The lowest BCUT2D eigenvalue weighted by Gasteiger charge is -2.35. The van der Waals surface area contributed by atoms with Crippen molar-refractivity contribution in [3.63, 3.8) is 0 Å². The molecule has 2 atom stereocenters. The van der Waals surface area contributed by atoms with Crippen LogP contribution in [-0.2, 0) is 0 Å². The van der Waals surface area contributed by atoms with Crippen molar-refractivity contribution in [3.8, 4) is 0 Å². The van der Waals surface area contributed by atoms with Crippen LogP contribution in [0.5, 0.6) is 0 Å². The smallest absolute Gasteiger partial charge is 0.0475 e.